The molecule has 2 unspecified atom stereocenters. The summed E-state index contributed by atoms with van der Waals surface area (Å²) in [6.45, 7) is 10.5. The molecule has 6 nitrogen and oxygen atoms in total. The first-order chi connectivity index (χ1) is 12.5. The van der Waals surface area contributed by atoms with Gasteiger partial charge in [0.05, 0.1) is 19.2 Å². The first kappa shape index (κ1) is 22.2. The Labute approximate surface area is 180 Å². The molecule has 27 heavy (non-hydrogen) atoms. The highest BCUT2D eigenvalue weighted by Gasteiger charge is 2.25. The largest absolute Gasteiger partial charge is 0.493 e. The number of halogens is 1. The molecule has 0 radical (unpaired) electrons. The minimum Gasteiger partial charge on any atom is -0.493 e. The topological polar surface area (TPSA) is 66.1 Å². The van der Waals surface area contributed by atoms with Gasteiger partial charge in [-0.05, 0) is 19.0 Å². The van der Waals surface area contributed by atoms with Crippen molar-refractivity contribution in [3.05, 3.63) is 29.8 Å². The molecule has 1 aromatic carbocycles. The van der Waals surface area contributed by atoms with Crippen molar-refractivity contribution in [1.29, 1.82) is 0 Å². The molecule has 0 bridgehead atoms. The molecule has 152 valence electrons. The van der Waals surface area contributed by atoms with Crippen LogP contribution in [-0.4, -0.2) is 68.2 Å². The predicted octanol–water partition coefficient (Wildman–Crippen LogP) is 2.30. The van der Waals surface area contributed by atoms with Crippen LogP contribution in [0, 0.1) is 5.92 Å². The molecule has 3 N–H and O–H groups in total. The second-order valence-electron chi connectivity index (χ2n) is 7.75. The molecule has 1 aromatic rings. The number of aliphatic imine (C=N–C) groups is 1. The summed E-state index contributed by atoms with van der Waals surface area (Å²) >= 11 is 0. The summed E-state index contributed by atoms with van der Waals surface area (Å²) in [5.41, 5.74) is 7.40. The number of piperazine rings is 1. The Balaban J connectivity index is 0.00000261. The Morgan fingerprint density at radius 2 is 1.96 bits per heavy atom. The lowest BCUT2D eigenvalue weighted by atomic mass is 10.0. The van der Waals surface area contributed by atoms with E-state index < -0.39 is 0 Å². The molecule has 2 atom stereocenters. The maximum absolute atomic E-state index is 6.23. The van der Waals surface area contributed by atoms with Crippen LogP contribution < -0.4 is 15.8 Å². The van der Waals surface area contributed by atoms with Crippen LogP contribution in [0.5, 0.6) is 5.75 Å². The maximum atomic E-state index is 6.23. The van der Waals surface area contributed by atoms with Gasteiger partial charge >= 0.3 is 0 Å². The second kappa shape index (κ2) is 10.5. The van der Waals surface area contributed by atoms with Crippen molar-refractivity contribution < 1.29 is 4.74 Å². The van der Waals surface area contributed by atoms with Gasteiger partial charge in [-0.25, -0.2) is 0 Å². The summed E-state index contributed by atoms with van der Waals surface area (Å²) in [5.74, 6) is 2.03. The van der Waals surface area contributed by atoms with Gasteiger partial charge < -0.3 is 20.7 Å². The Hall–Kier alpha value is -1.06. The van der Waals surface area contributed by atoms with Gasteiger partial charge in [-0.3, -0.25) is 9.89 Å². The van der Waals surface area contributed by atoms with E-state index in [-0.39, 0.29) is 30.0 Å². The van der Waals surface area contributed by atoms with E-state index in [4.69, 9.17) is 15.5 Å². The highest BCUT2D eigenvalue weighted by Crippen LogP contribution is 2.31. The summed E-state index contributed by atoms with van der Waals surface area (Å²) in [6.07, 6.45) is 0.902. The van der Waals surface area contributed by atoms with Crippen LogP contribution in [-0.2, 0) is 0 Å². The number of fused-ring (bicyclic) bond motifs is 1. The van der Waals surface area contributed by atoms with E-state index in [2.05, 4.69) is 42.1 Å². The molecule has 2 aliphatic heterocycles. The molecule has 0 amide bonds. The number of hydrogen-bond acceptors (Lipinski definition) is 4. The minimum absolute atomic E-state index is 0. The molecule has 1 saturated heterocycles. The van der Waals surface area contributed by atoms with E-state index in [9.17, 15) is 0 Å². The van der Waals surface area contributed by atoms with Gasteiger partial charge in [-0.2, -0.15) is 0 Å². The fourth-order valence-electron chi connectivity index (χ4n) is 3.81. The van der Waals surface area contributed by atoms with Crippen LogP contribution in [0.3, 0.4) is 0 Å². The minimum atomic E-state index is 0. The van der Waals surface area contributed by atoms with Crippen molar-refractivity contribution in [2.75, 3.05) is 46.4 Å². The Morgan fingerprint density at radius 3 is 2.67 bits per heavy atom. The average molecular weight is 487 g/mol. The standard InChI is InChI=1S/C20H33N5O.HI/c1-15(2)18(25-11-9-24(3)10-12-25)14-22-20(21)23-17-8-13-26-19-7-5-4-6-16(17)19;/h4-7,15,17-18H,8-14H2,1-3H3,(H3,21,22,23);1H. The van der Waals surface area contributed by atoms with Gasteiger partial charge in [0, 0.05) is 44.2 Å². The first-order valence-electron chi connectivity index (χ1n) is 9.75. The number of nitrogens with zero attached hydrogens (tertiary/aromatic N) is 3. The van der Waals surface area contributed by atoms with Gasteiger partial charge in [-0.1, -0.05) is 32.0 Å². The third-order valence-electron chi connectivity index (χ3n) is 5.51. The number of nitrogens with one attached hydrogen (secondary N) is 1. The molecule has 1 fully saturated rings. The van der Waals surface area contributed by atoms with Crippen LogP contribution in [0.2, 0.25) is 0 Å². The summed E-state index contributed by atoms with van der Waals surface area (Å²) in [5, 5.41) is 3.40. The summed E-state index contributed by atoms with van der Waals surface area (Å²) in [7, 11) is 2.19. The highest BCUT2D eigenvalue weighted by molar-refractivity contribution is 14.0. The van der Waals surface area contributed by atoms with Gasteiger partial charge in [0.2, 0.25) is 0 Å². The Kier molecular flexibility index (Phi) is 8.62. The van der Waals surface area contributed by atoms with E-state index in [0.717, 1.165) is 50.5 Å². The normalized spacial score (nSPS) is 22.5. The second-order valence-corrected chi connectivity index (χ2v) is 7.75. The van der Waals surface area contributed by atoms with E-state index in [1.165, 1.54) is 0 Å². The van der Waals surface area contributed by atoms with E-state index in [1.807, 2.05) is 18.2 Å². The lowest BCUT2D eigenvalue weighted by molar-refractivity contribution is 0.0925. The number of para-hydroxylation sites is 1. The highest BCUT2D eigenvalue weighted by atomic mass is 127. The van der Waals surface area contributed by atoms with Crippen molar-refractivity contribution in [2.45, 2.75) is 32.4 Å². The zero-order chi connectivity index (χ0) is 18.5. The fourth-order valence-corrected chi connectivity index (χ4v) is 3.81. The van der Waals surface area contributed by atoms with Crippen molar-refractivity contribution in [2.24, 2.45) is 16.6 Å². The SMILES string of the molecule is CC(C)C(CN=C(N)NC1CCOc2ccccc21)N1CCN(C)CC1.I. The Bertz CT molecular complexity index is 616. The van der Waals surface area contributed by atoms with Crippen molar-refractivity contribution in [3.8, 4) is 5.75 Å². The van der Waals surface area contributed by atoms with Crippen LogP contribution in [0.1, 0.15) is 31.9 Å². The zero-order valence-electron chi connectivity index (χ0n) is 16.7. The fraction of sp³-hybridized carbons (Fsp3) is 0.650. The third kappa shape index (κ3) is 5.96. The predicted molar refractivity (Wildman–Crippen MR) is 122 cm³/mol. The number of guanidine groups is 1. The maximum Gasteiger partial charge on any atom is 0.189 e. The van der Waals surface area contributed by atoms with Crippen LogP contribution in [0.4, 0.5) is 0 Å². The monoisotopic (exact) mass is 487 g/mol. The molecular formula is C20H34IN5O. The molecule has 0 saturated carbocycles. The number of rotatable bonds is 5. The molecule has 2 heterocycles. The lowest BCUT2D eigenvalue weighted by Crippen LogP contribution is -2.52. The van der Waals surface area contributed by atoms with Gasteiger partial charge in [0.15, 0.2) is 5.96 Å². The molecule has 0 aromatic heterocycles. The summed E-state index contributed by atoms with van der Waals surface area (Å²) in [4.78, 5) is 9.64. The number of nitrogens with two attached hydrogens (primary N) is 1. The van der Waals surface area contributed by atoms with Gasteiger partial charge in [-0.15, -0.1) is 24.0 Å². The van der Waals surface area contributed by atoms with Gasteiger partial charge in [0.1, 0.15) is 5.75 Å². The molecule has 0 spiro atoms. The first-order valence-corrected chi connectivity index (χ1v) is 9.75. The average Bonchev–Trinajstić information content (AvgIpc) is 2.63. The van der Waals surface area contributed by atoms with E-state index in [0.29, 0.717) is 24.5 Å². The zero-order valence-corrected chi connectivity index (χ0v) is 19.1. The third-order valence-corrected chi connectivity index (χ3v) is 5.51. The molecular weight excluding hydrogens is 453 g/mol. The van der Waals surface area contributed by atoms with Crippen molar-refractivity contribution in [3.63, 3.8) is 0 Å². The Morgan fingerprint density at radius 1 is 1.26 bits per heavy atom. The van der Waals surface area contributed by atoms with Crippen molar-refractivity contribution in [1.82, 2.24) is 15.1 Å². The summed E-state index contributed by atoms with van der Waals surface area (Å²) in [6, 6.07) is 8.76. The number of ether oxygens (including phenoxy) is 1. The molecule has 7 heteroatoms. The molecule has 3 rings (SSSR count). The number of benzene rings is 1. The lowest BCUT2D eigenvalue weighted by Gasteiger charge is -2.39. The van der Waals surface area contributed by atoms with Crippen LogP contribution in [0.15, 0.2) is 29.3 Å². The van der Waals surface area contributed by atoms with E-state index in [1.54, 1.807) is 0 Å². The molecule has 0 aliphatic carbocycles. The van der Waals surface area contributed by atoms with Gasteiger partial charge in [0.25, 0.3) is 0 Å². The smallest absolute Gasteiger partial charge is 0.189 e. The quantitative estimate of drug-likeness (QED) is 0.379. The van der Waals surface area contributed by atoms with Crippen LogP contribution >= 0.6 is 24.0 Å². The van der Waals surface area contributed by atoms with Crippen molar-refractivity contribution >= 4 is 29.9 Å². The van der Waals surface area contributed by atoms with Crippen LogP contribution in [0.25, 0.3) is 0 Å². The molecule has 2 aliphatic rings. The number of hydrogen-bond donors (Lipinski definition) is 2. The summed E-state index contributed by atoms with van der Waals surface area (Å²) < 4.78 is 5.72. The number of likely N-dealkylation sites (N-methyl/N-ethyl adjacent to an activating group) is 1. The van der Waals surface area contributed by atoms with E-state index >= 15 is 0 Å².